The summed E-state index contributed by atoms with van der Waals surface area (Å²) in [5, 5.41) is 0. The largest absolute Gasteiger partial charge is 0.344 e. The standard InChI is InChI=1S/C15H23NO2/c1-4-11(2)12-5-7-13(8-6-12)15(3)17-9-14(16)10-18-15/h5-8,11,14H,4,9-10,16H2,1-3H3. The summed E-state index contributed by atoms with van der Waals surface area (Å²) in [6.45, 7) is 7.49. The summed E-state index contributed by atoms with van der Waals surface area (Å²) in [4.78, 5) is 0. The lowest BCUT2D eigenvalue weighted by molar-refractivity contribution is -0.270. The predicted molar refractivity (Wildman–Crippen MR) is 72.4 cm³/mol. The molecule has 3 nitrogen and oxygen atoms in total. The topological polar surface area (TPSA) is 44.5 Å². The number of rotatable bonds is 3. The van der Waals surface area contributed by atoms with Gasteiger partial charge in [-0.25, -0.2) is 0 Å². The first kappa shape index (κ1) is 13.5. The monoisotopic (exact) mass is 249 g/mol. The van der Waals surface area contributed by atoms with Gasteiger partial charge in [0.05, 0.1) is 19.3 Å². The second kappa shape index (κ2) is 5.39. The molecule has 1 unspecified atom stereocenters. The summed E-state index contributed by atoms with van der Waals surface area (Å²) < 4.78 is 11.5. The molecular weight excluding hydrogens is 226 g/mol. The molecule has 1 saturated heterocycles. The van der Waals surface area contributed by atoms with Crippen LogP contribution in [0.1, 0.15) is 44.2 Å². The summed E-state index contributed by atoms with van der Waals surface area (Å²) in [5.74, 6) is -0.0578. The molecule has 1 aromatic carbocycles. The zero-order valence-electron chi connectivity index (χ0n) is 11.5. The van der Waals surface area contributed by atoms with E-state index in [1.165, 1.54) is 5.56 Å². The first-order valence-electron chi connectivity index (χ1n) is 6.69. The van der Waals surface area contributed by atoms with E-state index in [4.69, 9.17) is 15.2 Å². The number of nitrogens with two attached hydrogens (primary N) is 1. The summed E-state index contributed by atoms with van der Waals surface area (Å²) in [5.41, 5.74) is 8.18. The van der Waals surface area contributed by atoms with E-state index in [-0.39, 0.29) is 6.04 Å². The van der Waals surface area contributed by atoms with Crippen molar-refractivity contribution in [3.05, 3.63) is 35.4 Å². The van der Waals surface area contributed by atoms with Crippen LogP contribution in [0.5, 0.6) is 0 Å². The van der Waals surface area contributed by atoms with Crippen molar-refractivity contribution in [1.82, 2.24) is 0 Å². The zero-order valence-corrected chi connectivity index (χ0v) is 11.5. The van der Waals surface area contributed by atoms with Gasteiger partial charge in [-0.15, -0.1) is 0 Å². The maximum atomic E-state index is 5.77. The minimum absolute atomic E-state index is 0.0162. The molecule has 0 bridgehead atoms. The minimum atomic E-state index is -0.649. The molecule has 100 valence electrons. The molecule has 2 N–H and O–H groups in total. The van der Waals surface area contributed by atoms with Gasteiger partial charge < -0.3 is 15.2 Å². The van der Waals surface area contributed by atoms with E-state index < -0.39 is 5.79 Å². The third kappa shape index (κ3) is 2.74. The summed E-state index contributed by atoms with van der Waals surface area (Å²) in [6.07, 6.45) is 1.15. The average molecular weight is 249 g/mol. The van der Waals surface area contributed by atoms with Gasteiger partial charge in [-0.1, -0.05) is 38.1 Å². The third-order valence-electron chi connectivity index (χ3n) is 3.76. The van der Waals surface area contributed by atoms with E-state index in [1.807, 2.05) is 6.92 Å². The lowest BCUT2D eigenvalue weighted by Crippen LogP contribution is -2.46. The highest BCUT2D eigenvalue weighted by molar-refractivity contribution is 5.27. The Morgan fingerprint density at radius 2 is 1.83 bits per heavy atom. The van der Waals surface area contributed by atoms with Crippen LogP contribution < -0.4 is 5.73 Å². The molecule has 1 atom stereocenters. The normalized spacial score (nSPS) is 30.1. The van der Waals surface area contributed by atoms with Crippen LogP contribution in [0.4, 0.5) is 0 Å². The number of hydrogen-bond donors (Lipinski definition) is 1. The van der Waals surface area contributed by atoms with Crippen molar-refractivity contribution in [2.75, 3.05) is 13.2 Å². The van der Waals surface area contributed by atoms with Crippen molar-refractivity contribution in [1.29, 1.82) is 0 Å². The lowest BCUT2D eigenvalue weighted by Gasteiger charge is -2.36. The van der Waals surface area contributed by atoms with Gasteiger partial charge >= 0.3 is 0 Å². The number of benzene rings is 1. The maximum absolute atomic E-state index is 5.77. The van der Waals surface area contributed by atoms with Gasteiger partial charge in [0.15, 0.2) is 5.79 Å². The Balaban J connectivity index is 2.14. The van der Waals surface area contributed by atoms with Crippen LogP contribution in [0.3, 0.4) is 0 Å². The Hall–Kier alpha value is -0.900. The Bertz CT molecular complexity index is 380. The van der Waals surface area contributed by atoms with E-state index in [1.54, 1.807) is 0 Å². The van der Waals surface area contributed by atoms with Crippen LogP contribution in [-0.2, 0) is 15.3 Å². The van der Waals surface area contributed by atoms with Crippen LogP contribution in [0.15, 0.2) is 24.3 Å². The highest BCUT2D eigenvalue weighted by Crippen LogP contribution is 2.31. The van der Waals surface area contributed by atoms with Crippen LogP contribution >= 0.6 is 0 Å². The number of hydrogen-bond acceptors (Lipinski definition) is 3. The second-order valence-corrected chi connectivity index (χ2v) is 5.26. The van der Waals surface area contributed by atoms with Gasteiger partial charge in [-0.3, -0.25) is 0 Å². The molecule has 1 aliphatic rings. The van der Waals surface area contributed by atoms with Gasteiger partial charge in [-0.2, -0.15) is 0 Å². The molecule has 3 heteroatoms. The summed E-state index contributed by atoms with van der Waals surface area (Å²) in [7, 11) is 0. The molecule has 18 heavy (non-hydrogen) atoms. The molecule has 0 saturated carbocycles. The van der Waals surface area contributed by atoms with E-state index >= 15 is 0 Å². The Morgan fingerprint density at radius 3 is 2.33 bits per heavy atom. The molecule has 0 amide bonds. The number of ether oxygens (including phenoxy) is 2. The quantitative estimate of drug-likeness (QED) is 0.896. The van der Waals surface area contributed by atoms with Gasteiger partial charge in [0.25, 0.3) is 0 Å². The van der Waals surface area contributed by atoms with Crippen molar-refractivity contribution < 1.29 is 9.47 Å². The van der Waals surface area contributed by atoms with Crippen LogP contribution in [-0.4, -0.2) is 19.3 Å². The van der Waals surface area contributed by atoms with E-state index in [0.717, 1.165) is 12.0 Å². The fraction of sp³-hybridized carbons (Fsp3) is 0.600. The minimum Gasteiger partial charge on any atom is -0.344 e. The maximum Gasteiger partial charge on any atom is 0.192 e. The predicted octanol–water partition coefficient (Wildman–Crippen LogP) is 2.75. The van der Waals surface area contributed by atoms with Crippen LogP contribution in [0.2, 0.25) is 0 Å². The van der Waals surface area contributed by atoms with Gasteiger partial charge in [0, 0.05) is 5.56 Å². The first-order chi connectivity index (χ1) is 8.55. The molecule has 0 spiro atoms. The average Bonchev–Trinajstić information content (AvgIpc) is 2.41. The van der Waals surface area contributed by atoms with Crippen LogP contribution in [0.25, 0.3) is 0 Å². The molecule has 1 fully saturated rings. The molecule has 1 aromatic rings. The van der Waals surface area contributed by atoms with Crippen molar-refractivity contribution in [3.8, 4) is 0 Å². The van der Waals surface area contributed by atoms with Crippen molar-refractivity contribution in [3.63, 3.8) is 0 Å². The second-order valence-electron chi connectivity index (χ2n) is 5.26. The lowest BCUT2D eigenvalue weighted by atomic mass is 9.96. The molecule has 0 aromatic heterocycles. The Labute approximate surface area is 109 Å². The van der Waals surface area contributed by atoms with Gasteiger partial charge in [0.2, 0.25) is 0 Å². The molecule has 1 heterocycles. The molecule has 0 radical (unpaired) electrons. The van der Waals surface area contributed by atoms with Crippen molar-refractivity contribution in [2.24, 2.45) is 5.73 Å². The fourth-order valence-electron chi connectivity index (χ4n) is 2.14. The molecule has 2 rings (SSSR count). The summed E-state index contributed by atoms with van der Waals surface area (Å²) in [6, 6.07) is 8.50. The smallest absolute Gasteiger partial charge is 0.192 e. The molecular formula is C15H23NO2. The van der Waals surface area contributed by atoms with E-state index in [2.05, 4.69) is 38.1 Å². The van der Waals surface area contributed by atoms with Crippen molar-refractivity contribution >= 4 is 0 Å². The Morgan fingerprint density at radius 1 is 1.28 bits per heavy atom. The third-order valence-corrected chi connectivity index (χ3v) is 3.76. The first-order valence-corrected chi connectivity index (χ1v) is 6.69. The van der Waals surface area contributed by atoms with Crippen molar-refractivity contribution in [2.45, 2.75) is 44.9 Å². The molecule has 0 aliphatic carbocycles. The van der Waals surface area contributed by atoms with E-state index in [0.29, 0.717) is 19.1 Å². The fourth-order valence-corrected chi connectivity index (χ4v) is 2.14. The SMILES string of the molecule is CCC(C)c1ccc(C2(C)OCC(N)CO2)cc1. The highest BCUT2D eigenvalue weighted by Gasteiger charge is 2.33. The van der Waals surface area contributed by atoms with Gasteiger partial charge in [-0.05, 0) is 24.8 Å². The van der Waals surface area contributed by atoms with Crippen LogP contribution in [0, 0.1) is 0 Å². The molecule has 1 aliphatic heterocycles. The Kier molecular flexibility index (Phi) is 4.05. The zero-order chi connectivity index (χ0) is 13.2. The highest BCUT2D eigenvalue weighted by atomic mass is 16.7. The summed E-state index contributed by atoms with van der Waals surface area (Å²) >= 11 is 0. The van der Waals surface area contributed by atoms with E-state index in [9.17, 15) is 0 Å². The van der Waals surface area contributed by atoms with Gasteiger partial charge in [0.1, 0.15) is 0 Å².